The zero-order valence-electron chi connectivity index (χ0n) is 18.8. The number of thiocarbonyl (C=S) groups is 1. The van der Waals surface area contributed by atoms with Gasteiger partial charge in [-0.1, -0.05) is 96.8 Å². The van der Waals surface area contributed by atoms with Gasteiger partial charge in [0.05, 0.1) is 26.4 Å². The molecule has 1 unspecified atom stereocenters. The Balaban J connectivity index is 1.61. The van der Waals surface area contributed by atoms with Crippen LogP contribution >= 0.6 is 24.0 Å². The van der Waals surface area contributed by atoms with Crippen LogP contribution in [-0.4, -0.2) is 25.2 Å². The van der Waals surface area contributed by atoms with E-state index in [0.717, 1.165) is 16.7 Å². The van der Waals surface area contributed by atoms with E-state index in [1.807, 2.05) is 72.8 Å². The van der Waals surface area contributed by atoms with Gasteiger partial charge in [-0.3, -0.25) is 18.7 Å². The number of nitrogens with one attached hydrogen (secondary N) is 1. The van der Waals surface area contributed by atoms with Gasteiger partial charge in [0.1, 0.15) is 0 Å². The van der Waals surface area contributed by atoms with E-state index in [1.165, 1.54) is 23.6 Å². The van der Waals surface area contributed by atoms with Gasteiger partial charge < -0.3 is 5.32 Å². The molecule has 0 aromatic heterocycles. The van der Waals surface area contributed by atoms with Crippen molar-refractivity contribution in [1.29, 1.82) is 0 Å². The van der Waals surface area contributed by atoms with Crippen molar-refractivity contribution >= 4 is 67.6 Å². The minimum absolute atomic E-state index is 0.149. The lowest BCUT2D eigenvalue weighted by atomic mass is 10.2. The van der Waals surface area contributed by atoms with Crippen molar-refractivity contribution in [1.82, 2.24) is 4.90 Å². The van der Waals surface area contributed by atoms with Gasteiger partial charge in [0, 0.05) is 18.8 Å². The van der Waals surface area contributed by atoms with Crippen molar-refractivity contribution in [2.45, 2.75) is 12.7 Å². The summed E-state index contributed by atoms with van der Waals surface area (Å²) in [6, 6.07) is 26.2. The summed E-state index contributed by atoms with van der Waals surface area (Å²) < 4.78 is 13.8. The van der Waals surface area contributed by atoms with E-state index in [4.69, 9.17) is 12.2 Å². The molecular weight excluding hydrogens is 497 g/mol. The van der Waals surface area contributed by atoms with Crippen molar-refractivity contribution in [3.63, 3.8) is 0 Å². The van der Waals surface area contributed by atoms with Crippen LogP contribution < -0.4 is 5.32 Å². The Labute approximate surface area is 216 Å². The molecule has 1 aliphatic rings. The van der Waals surface area contributed by atoms with Gasteiger partial charge in [0.15, 0.2) is 4.32 Å². The van der Waals surface area contributed by atoms with Gasteiger partial charge in [0.25, 0.3) is 5.91 Å². The summed E-state index contributed by atoms with van der Waals surface area (Å²) >= 11 is 6.70. The fourth-order valence-corrected chi connectivity index (χ4v) is 5.88. The number of nitrogens with zero attached hydrogens (tertiary/aromatic N) is 1. The molecule has 2 amide bonds. The molecule has 1 heterocycles. The Morgan fingerprint density at radius 1 is 1.00 bits per heavy atom. The summed E-state index contributed by atoms with van der Waals surface area (Å²) in [4.78, 5) is 26.8. The summed E-state index contributed by atoms with van der Waals surface area (Å²) in [5.74, 6) is -0.0901. The molecule has 5 nitrogen and oxygen atoms in total. The molecule has 176 valence electrons. The summed E-state index contributed by atoms with van der Waals surface area (Å²) in [5.41, 5.74) is 3.20. The highest BCUT2D eigenvalue weighted by Crippen LogP contribution is 2.35. The number of benzene rings is 3. The molecular formula is C27H22N2O3S3. The first kappa shape index (κ1) is 24.8. The van der Waals surface area contributed by atoms with Gasteiger partial charge in [-0.25, -0.2) is 0 Å². The largest absolute Gasteiger partial charge is 0.326 e. The highest BCUT2D eigenvalue weighted by molar-refractivity contribution is 8.26. The van der Waals surface area contributed by atoms with Crippen molar-refractivity contribution < 1.29 is 13.8 Å². The first-order valence-corrected chi connectivity index (χ1v) is 13.3. The third-order valence-corrected chi connectivity index (χ3v) is 7.80. The number of amides is 2. The second kappa shape index (κ2) is 11.4. The highest BCUT2D eigenvalue weighted by Gasteiger charge is 2.32. The van der Waals surface area contributed by atoms with Gasteiger partial charge >= 0.3 is 0 Å². The Morgan fingerprint density at radius 3 is 2.26 bits per heavy atom. The van der Waals surface area contributed by atoms with E-state index in [2.05, 4.69) is 5.32 Å². The van der Waals surface area contributed by atoms with E-state index < -0.39 is 10.8 Å². The molecule has 0 radical (unpaired) electrons. The zero-order chi connectivity index (χ0) is 24.8. The van der Waals surface area contributed by atoms with Crippen LogP contribution in [0.3, 0.4) is 0 Å². The molecule has 0 aliphatic carbocycles. The molecule has 0 spiro atoms. The van der Waals surface area contributed by atoms with Crippen LogP contribution in [0.5, 0.6) is 0 Å². The Morgan fingerprint density at radius 2 is 1.63 bits per heavy atom. The molecule has 3 aromatic rings. The van der Waals surface area contributed by atoms with Gasteiger partial charge in [0.2, 0.25) is 5.91 Å². The Hall–Kier alpha value is -3.33. The van der Waals surface area contributed by atoms with Gasteiger partial charge in [-0.15, -0.1) is 0 Å². The molecule has 8 heteroatoms. The number of carbonyl (C=O) groups excluding carboxylic acids is 2. The van der Waals surface area contributed by atoms with E-state index >= 15 is 0 Å². The van der Waals surface area contributed by atoms with Crippen molar-refractivity contribution in [3.8, 4) is 0 Å². The fourth-order valence-electron chi connectivity index (χ4n) is 3.40. The minimum atomic E-state index is -1.40. The van der Waals surface area contributed by atoms with Crippen LogP contribution in [0.2, 0.25) is 0 Å². The molecule has 1 fully saturated rings. The Kier molecular flexibility index (Phi) is 8.07. The predicted octanol–water partition coefficient (Wildman–Crippen LogP) is 5.79. The van der Waals surface area contributed by atoms with Crippen LogP contribution in [-0.2, 0) is 26.1 Å². The topological polar surface area (TPSA) is 66.5 Å². The lowest BCUT2D eigenvalue weighted by Gasteiger charge is -2.14. The predicted molar refractivity (Wildman–Crippen MR) is 148 cm³/mol. The quantitative estimate of drug-likeness (QED) is 0.317. The molecule has 1 N–H and O–H groups in total. The van der Waals surface area contributed by atoms with Crippen molar-refractivity contribution in [2.75, 3.05) is 5.32 Å². The fraction of sp³-hybridized carbons (Fsp3) is 0.0741. The van der Waals surface area contributed by atoms with E-state index in [0.29, 0.717) is 25.6 Å². The molecule has 0 saturated carbocycles. The maximum absolute atomic E-state index is 13.4. The summed E-state index contributed by atoms with van der Waals surface area (Å²) in [7, 11) is -1.40. The monoisotopic (exact) mass is 518 g/mol. The number of hydrogen-bond donors (Lipinski definition) is 1. The number of carbonyl (C=O) groups is 2. The highest BCUT2D eigenvalue weighted by atomic mass is 32.2. The third kappa shape index (κ3) is 6.42. The molecule has 3 aromatic carbocycles. The molecule has 0 bridgehead atoms. The minimum Gasteiger partial charge on any atom is -0.326 e. The standard InChI is InChI=1S/C27H22N2O3S3/c1-19(30)28-23-14-12-20(13-15-23)16-24-26(31)29(27(33)34-24)17-25(22-10-6-3-7-11-22)35(32)18-21-8-4-2-5-9-21/h2-17H,18H2,1H3,(H,28,30). The van der Waals surface area contributed by atoms with Gasteiger partial charge in [-0.05, 0) is 34.9 Å². The summed E-state index contributed by atoms with van der Waals surface area (Å²) in [6.07, 6.45) is 3.36. The first-order chi connectivity index (χ1) is 16.9. The summed E-state index contributed by atoms with van der Waals surface area (Å²) in [5, 5.41) is 2.72. The van der Waals surface area contributed by atoms with Crippen LogP contribution in [0, 0.1) is 0 Å². The summed E-state index contributed by atoms with van der Waals surface area (Å²) in [6.45, 7) is 1.45. The Bertz CT molecular complexity index is 1340. The molecule has 35 heavy (non-hydrogen) atoms. The number of rotatable bonds is 7. The lowest BCUT2D eigenvalue weighted by Crippen LogP contribution is -2.22. The van der Waals surface area contributed by atoms with Crippen LogP contribution in [0.25, 0.3) is 11.0 Å². The maximum atomic E-state index is 13.4. The van der Waals surface area contributed by atoms with E-state index in [-0.39, 0.29) is 11.8 Å². The van der Waals surface area contributed by atoms with E-state index in [9.17, 15) is 13.8 Å². The smallest absolute Gasteiger partial charge is 0.270 e. The van der Waals surface area contributed by atoms with Crippen LogP contribution in [0.1, 0.15) is 23.6 Å². The van der Waals surface area contributed by atoms with E-state index in [1.54, 1.807) is 24.4 Å². The maximum Gasteiger partial charge on any atom is 0.270 e. The molecule has 1 saturated heterocycles. The first-order valence-electron chi connectivity index (χ1n) is 10.7. The van der Waals surface area contributed by atoms with Crippen molar-refractivity contribution in [3.05, 3.63) is 113 Å². The van der Waals surface area contributed by atoms with Gasteiger partial charge in [-0.2, -0.15) is 0 Å². The number of anilines is 1. The molecule has 1 aliphatic heterocycles. The van der Waals surface area contributed by atoms with Crippen molar-refractivity contribution in [2.24, 2.45) is 0 Å². The number of hydrogen-bond acceptors (Lipinski definition) is 5. The molecule has 4 rings (SSSR count). The molecule has 1 atom stereocenters. The second-order valence-corrected chi connectivity index (χ2v) is 10.8. The third-order valence-electron chi connectivity index (χ3n) is 5.04. The lowest BCUT2D eigenvalue weighted by molar-refractivity contribution is -0.120. The average Bonchev–Trinajstić information content (AvgIpc) is 3.11. The normalized spacial score (nSPS) is 16.0. The number of thioether (sulfide) groups is 1. The zero-order valence-corrected chi connectivity index (χ0v) is 21.3. The van der Waals surface area contributed by atoms with Crippen LogP contribution in [0.15, 0.2) is 96.0 Å². The second-order valence-electron chi connectivity index (χ2n) is 7.69. The van der Waals surface area contributed by atoms with Crippen LogP contribution in [0.4, 0.5) is 5.69 Å². The average molecular weight is 519 g/mol. The SMILES string of the molecule is CC(=O)Nc1ccc(C=C2SC(=S)N(C=C(c3ccccc3)S(=O)Cc3ccccc3)C2=O)cc1.